The molecule has 1 heterocycles. The molecule has 1 unspecified atom stereocenters. The second-order valence-electron chi connectivity index (χ2n) is 6.13. The Kier molecular flexibility index (Phi) is 6.86. The number of hydrogen-bond acceptors (Lipinski definition) is 3. The molecular formula is C18H28N2O3. The Hall–Kier alpha value is -1.59. The first-order chi connectivity index (χ1) is 11.1. The molecule has 2 N–H and O–H groups in total. The van der Waals surface area contributed by atoms with Crippen molar-refractivity contribution >= 4 is 6.03 Å². The molecule has 0 aromatic heterocycles. The zero-order valence-corrected chi connectivity index (χ0v) is 14.1. The van der Waals surface area contributed by atoms with Crippen molar-refractivity contribution in [3.8, 4) is 0 Å². The van der Waals surface area contributed by atoms with Crippen LogP contribution in [0, 0.1) is 5.92 Å². The van der Waals surface area contributed by atoms with Crippen LogP contribution in [0.4, 0.5) is 4.79 Å². The van der Waals surface area contributed by atoms with Crippen LogP contribution in [-0.4, -0.2) is 41.8 Å². The fraction of sp³-hybridized carbons (Fsp3) is 0.611. The maximum atomic E-state index is 12.3. The highest BCUT2D eigenvalue weighted by molar-refractivity contribution is 5.74. The number of nitrogens with zero attached hydrogens (tertiary/aromatic N) is 1. The number of carbonyl (C=O) groups excluding carboxylic acids is 1. The summed E-state index contributed by atoms with van der Waals surface area (Å²) in [5.41, 5.74) is 2.20. The summed E-state index contributed by atoms with van der Waals surface area (Å²) < 4.78 is 5.47. The van der Waals surface area contributed by atoms with Gasteiger partial charge in [-0.15, -0.1) is 0 Å². The van der Waals surface area contributed by atoms with E-state index in [-0.39, 0.29) is 12.1 Å². The van der Waals surface area contributed by atoms with Crippen LogP contribution in [0.2, 0.25) is 0 Å². The Labute approximate surface area is 138 Å². The van der Waals surface area contributed by atoms with Crippen LogP contribution in [0.1, 0.15) is 37.8 Å². The van der Waals surface area contributed by atoms with Gasteiger partial charge in [-0.2, -0.15) is 0 Å². The van der Waals surface area contributed by atoms with Crippen LogP contribution in [0.15, 0.2) is 24.3 Å². The minimum absolute atomic E-state index is 0.0275. The van der Waals surface area contributed by atoms with E-state index in [0.29, 0.717) is 38.8 Å². The first-order valence-electron chi connectivity index (χ1n) is 8.47. The van der Waals surface area contributed by atoms with E-state index in [4.69, 9.17) is 4.74 Å². The third-order valence-corrected chi connectivity index (χ3v) is 4.52. The van der Waals surface area contributed by atoms with Gasteiger partial charge in [0.1, 0.15) is 0 Å². The molecule has 23 heavy (non-hydrogen) atoms. The lowest BCUT2D eigenvalue weighted by Gasteiger charge is -2.33. The minimum atomic E-state index is -0.286. The van der Waals surface area contributed by atoms with E-state index < -0.39 is 0 Å². The van der Waals surface area contributed by atoms with Crippen molar-refractivity contribution in [2.75, 3.05) is 19.7 Å². The van der Waals surface area contributed by atoms with Gasteiger partial charge in [-0.25, -0.2) is 4.79 Å². The Morgan fingerprint density at radius 2 is 2.00 bits per heavy atom. The molecule has 1 aromatic rings. The summed E-state index contributed by atoms with van der Waals surface area (Å²) in [6.07, 6.45) is 1.45. The maximum Gasteiger partial charge on any atom is 0.317 e. The lowest BCUT2D eigenvalue weighted by atomic mass is 9.92. The third-order valence-electron chi connectivity index (χ3n) is 4.52. The summed E-state index contributed by atoms with van der Waals surface area (Å²) in [5.74, 6) is 0.311. The van der Waals surface area contributed by atoms with E-state index in [9.17, 15) is 9.90 Å². The molecule has 5 heteroatoms. The quantitative estimate of drug-likeness (QED) is 0.847. The van der Waals surface area contributed by atoms with Crippen molar-refractivity contribution in [2.45, 2.75) is 45.9 Å². The smallest absolute Gasteiger partial charge is 0.317 e. The van der Waals surface area contributed by atoms with Gasteiger partial charge in [-0.1, -0.05) is 24.3 Å². The van der Waals surface area contributed by atoms with Crippen molar-refractivity contribution in [3.05, 3.63) is 35.4 Å². The Morgan fingerprint density at radius 1 is 1.35 bits per heavy atom. The molecule has 0 bridgehead atoms. The van der Waals surface area contributed by atoms with Gasteiger partial charge in [0, 0.05) is 26.2 Å². The molecule has 2 amide bonds. The number of hydrogen-bond donors (Lipinski definition) is 2. The second kappa shape index (κ2) is 8.89. The Bertz CT molecular complexity index is 497. The number of aliphatic hydroxyl groups is 1. The summed E-state index contributed by atoms with van der Waals surface area (Å²) in [5, 5.41) is 12.6. The molecule has 0 radical (unpaired) electrons. The van der Waals surface area contributed by atoms with Gasteiger partial charge in [0.2, 0.25) is 0 Å². The standard InChI is InChI=1S/C18H28N2O3/c1-3-23-13-17-7-5-4-6-16(17)12-19-18(22)20-10-8-15(9-11-20)14(2)21/h4-7,14-15,21H,3,8-13H2,1-2H3,(H,19,22). The summed E-state index contributed by atoms with van der Waals surface area (Å²) in [7, 11) is 0. The van der Waals surface area contributed by atoms with Gasteiger partial charge in [0.15, 0.2) is 0 Å². The molecule has 0 spiro atoms. The molecule has 1 aliphatic heterocycles. The summed E-state index contributed by atoms with van der Waals surface area (Å²) >= 11 is 0. The summed E-state index contributed by atoms with van der Waals surface area (Å²) in [4.78, 5) is 14.1. The van der Waals surface area contributed by atoms with Crippen LogP contribution in [-0.2, 0) is 17.9 Å². The molecule has 0 aliphatic carbocycles. The summed E-state index contributed by atoms with van der Waals surface area (Å²) in [6.45, 7) is 6.99. The van der Waals surface area contributed by atoms with Crippen LogP contribution in [0.3, 0.4) is 0 Å². The number of benzene rings is 1. The fourth-order valence-electron chi connectivity index (χ4n) is 2.95. The number of ether oxygens (including phenoxy) is 1. The van der Waals surface area contributed by atoms with Gasteiger partial charge >= 0.3 is 6.03 Å². The van der Waals surface area contributed by atoms with E-state index in [0.717, 1.165) is 24.0 Å². The third kappa shape index (κ3) is 5.22. The largest absolute Gasteiger partial charge is 0.393 e. The maximum absolute atomic E-state index is 12.3. The molecule has 0 saturated carbocycles. The first-order valence-corrected chi connectivity index (χ1v) is 8.47. The molecule has 1 aromatic carbocycles. The van der Waals surface area contributed by atoms with Crippen molar-refractivity contribution in [1.29, 1.82) is 0 Å². The van der Waals surface area contributed by atoms with E-state index in [1.807, 2.05) is 43.0 Å². The van der Waals surface area contributed by atoms with E-state index >= 15 is 0 Å². The predicted molar refractivity (Wildman–Crippen MR) is 90.0 cm³/mol. The van der Waals surface area contributed by atoms with Crippen LogP contribution in [0.5, 0.6) is 0 Å². The van der Waals surface area contributed by atoms with Gasteiger partial charge in [-0.3, -0.25) is 0 Å². The first kappa shape index (κ1) is 17.8. The van der Waals surface area contributed by atoms with Crippen molar-refractivity contribution in [3.63, 3.8) is 0 Å². The van der Waals surface area contributed by atoms with E-state index in [1.165, 1.54) is 0 Å². The highest BCUT2D eigenvalue weighted by Crippen LogP contribution is 2.20. The van der Waals surface area contributed by atoms with Crippen molar-refractivity contribution < 1.29 is 14.6 Å². The van der Waals surface area contributed by atoms with Gasteiger partial charge in [0.05, 0.1) is 12.7 Å². The average Bonchev–Trinajstić information content (AvgIpc) is 2.58. The zero-order chi connectivity index (χ0) is 16.7. The topological polar surface area (TPSA) is 61.8 Å². The van der Waals surface area contributed by atoms with Crippen LogP contribution in [0.25, 0.3) is 0 Å². The highest BCUT2D eigenvalue weighted by Gasteiger charge is 2.25. The average molecular weight is 320 g/mol. The molecular weight excluding hydrogens is 292 g/mol. The second-order valence-corrected chi connectivity index (χ2v) is 6.13. The van der Waals surface area contributed by atoms with E-state index in [1.54, 1.807) is 0 Å². The summed E-state index contributed by atoms with van der Waals surface area (Å²) in [6, 6.07) is 7.99. The number of likely N-dealkylation sites (tertiary alicyclic amines) is 1. The molecule has 128 valence electrons. The van der Waals surface area contributed by atoms with Gasteiger partial charge in [0.25, 0.3) is 0 Å². The highest BCUT2D eigenvalue weighted by atomic mass is 16.5. The number of aliphatic hydroxyl groups excluding tert-OH is 1. The lowest BCUT2D eigenvalue weighted by molar-refractivity contribution is 0.0797. The number of piperidine rings is 1. The zero-order valence-electron chi connectivity index (χ0n) is 14.1. The van der Waals surface area contributed by atoms with Crippen molar-refractivity contribution in [1.82, 2.24) is 10.2 Å². The number of nitrogens with one attached hydrogen (secondary N) is 1. The number of amides is 2. The molecule has 1 atom stereocenters. The molecule has 2 rings (SSSR count). The fourth-order valence-corrected chi connectivity index (χ4v) is 2.95. The normalized spacial score (nSPS) is 17.1. The van der Waals surface area contributed by atoms with Crippen molar-refractivity contribution in [2.24, 2.45) is 5.92 Å². The Balaban J connectivity index is 1.83. The molecule has 1 saturated heterocycles. The monoisotopic (exact) mass is 320 g/mol. The molecule has 1 aliphatic rings. The van der Waals surface area contributed by atoms with Gasteiger partial charge < -0.3 is 20.1 Å². The van der Waals surface area contributed by atoms with E-state index in [2.05, 4.69) is 5.32 Å². The number of rotatable bonds is 6. The lowest BCUT2D eigenvalue weighted by Crippen LogP contribution is -2.45. The number of carbonyl (C=O) groups is 1. The minimum Gasteiger partial charge on any atom is -0.393 e. The SMILES string of the molecule is CCOCc1ccccc1CNC(=O)N1CCC(C(C)O)CC1. The molecule has 1 fully saturated rings. The molecule has 5 nitrogen and oxygen atoms in total. The van der Waals surface area contributed by atoms with Gasteiger partial charge in [-0.05, 0) is 43.7 Å². The Morgan fingerprint density at radius 3 is 2.61 bits per heavy atom. The van der Waals surface area contributed by atoms with Crippen LogP contribution < -0.4 is 5.32 Å². The predicted octanol–water partition coefficient (Wildman–Crippen LogP) is 2.53. The number of urea groups is 1. The van der Waals surface area contributed by atoms with Crippen LogP contribution >= 0.6 is 0 Å².